The molecule has 1 aliphatic heterocycles. The van der Waals surface area contributed by atoms with Crippen molar-refractivity contribution in [2.45, 2.75) is 51.2 Å². The molecule has 0 unspecified atom stereocenters. The normalized spacial score (nSPS) is 21.5. The fraction of sp³-hybridized carbons (Fsp3) is 0.520. The Morgan fingerprint density at radius 2 is 1.86 bits per heavy atom. The number of pyridine rings is 1. The first kappa shape index (κ1) is 26.7. The van der Waals surface area contributed by atoms with Crippen molar-refractivity contribution in [3.63, 3.8) is 0 Å². The molecule has 12 heteroatoms. The van der Waals surface area contributed by atoms with E-state index in [4.69, 9.17) is 0 Å². The van der Waals surface area contributed by atoms with Crippen LogP contribution in [0.2, 0.25) is 0 Å². The largest absolute Gasteiger partial charge is 0.349 e. The molecule has 4 rings (SSSR count). The minimum absolute atomic E-state index is 0.0278. The van der Waals surface area contributed by atoms with E-state index in [0.717, 1.165) is 35.6 Å². The molecule has 0 bridgehead atoms. The summed E-state index contributed by atoms with van der Waals surface area (Å²) >= 11 is 1.37. The van der Waals surface area contributed by atoms with Gasteiger partial charge in [-0.2, -0.15) is 0 Å². The average molecular weight is 528 g/mol. The SMILES string of the molecule is Cc1ccc(NC(=O)C(=O)N[C@@H]2CC[C@@H](C(=O)N(C)C)C[C@@H]2NC(=O)c2nc3c(s2)CN(C)CC3)nc1. The van der Waals surface area contributed by atoms with Crippen LogP contribution in [0.25, 0.3) is 0 Å². The Labute approximate surface area is 220 Å². The highest BCUT2D eigenvalue weighted by Crippen LogP contribution is 2.28. The molecule has 11 nitrogen and oxygen atoms in total. The zero-order valence-electron chi connectivity index (χ0n) is 21.5. The van der Waals surface area contributed by atoms with Crippen molar-refractivity contribution in [2.75, 3.05) is 33.0 Å². The van der Waals surface area contributed by atoms with E-state index in [9.17, 15) is 19.2 Å². The summed E-state index contributed by atoms with van der Waals surface area (Å²) in [6, 6.07) is 2.35. The number of nitrogens with one attached hydrogen (secondary N) is 3. The van der Waals surface area contributed by atoms with Crippen LogP contribution in [0.1, 0.15) is 45.2 Å². The molecule has 3 atom stereocenters. The second-order valence-electron chi connectivity index (χ2n) is 9.95. The summed E-state index contributed by atoms with van der Waals surface area (Å²) in [6.07, 6.45) is 3.71. The minimum atomic E-state index is -0.843. The van der Waals surface area contributed by atoms with E-state index in [0.29, 0.717) is 24.3 Å². The number of carbonyl (C=O) groups excluding carboxylic acids is 4. The van der Waals surface area contributed by atoms with Gasteiger partial charge in [0.05, 0.1) is 11.7 Å². The lowest BCUT2D eigenvalue weighted by Crippen LogP contribution is -2.57. The molecule has 0 radical (unpaired) electrons. The number of aromatic nitrogens is 2. The second-order valence-corrected chi connectivity index (χ2v) is 11.0. The third-order valence-corrected chi connectivity index (χ3v) is 7.83. The number of nitrogens with zero attached hydrogens (tertiary/aromatic N) is 4. The Hall–Kier alpha value is -3.38. The summed E-state index contributed by atoms with van der Waals surface area (Å²) in [5.41, 5.74) is 1.88. The Morgan fingerprint density at radius 1 is 1.08 bits per heavy atom. The van der Waals surface area contributed by atoms with Crippen molar-refractivity contribution in [3.8, 4) is 0 Å². The van der Waals surface area contributed by atoms with Gasteiger partial charge in [0.25, 0.3) is 5.91 Å². The van der Waals surface area contributed by atoms with E-state index in [2.05, 4.69) is 30.8 Å². The summed E-state index contributed by atoms with van der Waals surface area (Å²) in [5, 5.41) is 8.61. The predicted molar refractivity (Wildman–Crippen MR) is 139 cm³/mol. The highest BCUT2D eigenvalue weighted by Gasteiger charge is 2.37. The lowest BCUT2D eigenvalue weighted by Gasteiger charge is -2.37. The van der Waals surface area contributed by atoms with Crippen LogP contribution in [0.15, 0.2) is 18.3 Å². The smallest absolute Gasteiger partial charge is 0.314 e. The first-order valence-electron chi connectivity index (χ1n) is 12.3. The number of fused-ring (bicyclic) bond motifs is 1. The highest BCUT2D eigenvalue weighted by molar-refractivity contribution is 7.13. The molecule has 198 valence electrons. The Balaban J connectivity index is 1.45. The van der Waals surface area contributed by atoms with Crippen LogP contribution in [-0.4, -0.2) is 83.2 Å². The Morgan fingerprint density at radius 3 is 2.57 bits per heavy atom. The number of anilines is 1. The van der Waals surface area contributed by atoms with Gasteiger partial charge in [0.15, 0.2) is 5.01 Å². The summed E-state index contributed by atoms with van der Waals surface area (Å²) < 4.78 is 0. The molecule has 1 aliphatic carbocycles. The molecule has 3 N–H and O–H groups in total. The topological polar surface area (TPSA) is 137 Å². The molecule has 0 aromatic carbocycles. The number of hydrogen-bond donors (Lipinski definition) is 3. The molecular formula is C25H33N7O4S. The molecular weight excluding hydrogens is 494 g/mol. The van der Waals surface area contributed by atoms with Crippen molar-refractivity contribution in [1.29, 1.82) is 0 Å². The highest BCUT2D eigenvalue weighted by atomic mass is 32.1. The van der Waals surface area contributed by atoms with Crippen molar-refractivity contribution in [3.05, 3.63) is 39.5 Å². The monoisotopic (exact) mass is 527 g/mol. The number of aryl methyl sites for hydroxylation is 1. The summed E-state index contributed by atoms with van der Waals surface area (Å²) in [5.74, 6) is -2.05. The third kappa shape index (κ3) is 6.50. The van der Waals surface area contributed by atoms with Gasteiger partial charge in [-0.25, -0.2) is 9.97 Å². The van der Waals surface area contributed by atoms with E-state index in [-0.39, 0.29) is 23.6 Å². The molecule has 37 heavy (non-hydrogen) atoms. The number of amides is 4. The van der Waals surface area contributed by atoms with Crippen molar-refractivity contribution >= 4 is 40.8 Å². The van der Waals surface area contributed by atoms with E-state index in [1.165, 1.54) is 16.2 Å². The van der Waals surface area contributed by atoms with Crippen LogP contribution in [0.4, 0.5) is 5.82 Å². The molecule has 0 spiro atoms. The minimum Gasteiger partial charge on any atom is -0.349 e. The Bertz CT molecular complexity index is 1180. The van der Waals surface area contributed by atoms with E-state index in [1.807, 2.05) is 14.0 Å². The molecule has 1 fully saturated rings. The Kier molecular flexibility index (Phi) is 8.18. The van der Waals surface area contributed by atoms with Crippen molar-refractivity contribution in [2.24, 2.45) is 5.92 Å². The number of carbonyl (C=O) groups is 4. The molecule has 2 aromatic heterocycles. The van der Waals surface area contributed by atoms with Gasteiger partial charge in [-0.3, -0.25) is 19.2 Å². The van der Waals surface area contributed by atoms with E-state index in [1.54, 1.807) is 32.4 Å². The van der Waals surface area contributed by atoms with Gasteiger partial charge in [-0.15, -0.1) is 11.3 Å². The first-order chi connectivity index (χ1) is 17.6. The number of thiazole rings is 1. The van der Waals surface area contributed by atoms with Gasteiger partial charge in [0, 0.05) is 56.6 Å². The zero-order chi connectivity index (χ0) is 26.7. The predicted octanol–water partition coefficient (Wildman–Crippen LogP) is 0.945. The number of likely N-dealkylation sites (N-methyl/N-ethyl adjacent to an activating group) is 1. The van der Waals surface area contributed by atoms with E-state index < -0.39 is 23.9 Å². The van der Waals surface area contributed by atoms with Crippen LogP contribution < -0.4 is 16.0 Å². The maximum absolute atomic E-state index is 13.2. The summed E-state index contributed by atoms with van der Waals surface area (Å²) in [6.45, 7) is 3.52. The average Bonchev–Trinajstić information content (AvgIpc) is 3.29. The third-order valence-electron chi connectivity index (χ3n) is 6.75. The van der Waals surface area contributed by atoms with Crippen molar-refractivity contribution in [1.82, 2.24) is 30.4 Å². The van der Waals surface area contributed by atoms with Gasteiger partial charge >= 0.3 is 11.8 Å². The second kappa shape index (κ2) is 11.3. The number of hydrogen-bond acceptors (Lipinski definition) is 8. The maximum atomic E-state index is 13.2. The zero-order valence-corrected chi connectivity index (χ0v) is 22.4. The van der Waals surface area contributed by atoms with Crippen LogP contribution in [0, 0.1) is 12.8 Å². The lowest BCUT2D eigenvalue weighted by molar-refractivity contribution is -0.137. The maximum Gasteiger partial charge on any atom is 0.314 e. The van der Waals surface area contributed by atoms with E-state index >= 15 is 0 Å². The van der Waals surface area contributed by atoms with Gasteiger partial charge in [-0.1, -0.05) is 6.07 Å². The molecule has 2 aliphatic rings. The fourth-order valence-corrected chi connectivity index (χ4v) is 5.78. The molecule has 2 aromatic rings. The first-order valence-corrected chi connectivity index (χ1v) is 13.2. The van der Waals surface area contributed by atoms with Gasteiger partial charge in [0.2, 0.25) is 5.91 Å². The summed E-state index contributed by atoms with van der Waals surface area (Å²) in [4.78, 5) is 64.5. The standard InChI is InChI=1S/C25H33N7O4S/c1-14-5-8-20(26-12-14)30-22(34)21(33)27-16-7-6-15(25(36)31(2)3)11-18(16)28-23(35)24-29-17-9-10-32(4)13-19(17)37-24/h5,8,12,15-16,18H,6-7,9-11,13H2,1-4H3,(H,27,33)(H,28,35)(H,26,30,34)/t15-,16-,18+/m1/s1. The number of rotatable bonds is 5. The van der Waals surface area contributed by atoms with Gasteiger partial charge < -0.3 is 25.8 Å². The van der Waals surface area contributed by atoms with Crippen LogP contribution in [0.5, 0.6) is 0 Å². The van der Waals surface area contributed by atoms with Crippen LogP contribution in [0.3, 0.4) is 0 Å². The van der Waals surface area contributed by atoms with Gasteiger partial charge in [0.1, 0.15) is 5.82 Å². The summed E-state index contributed by atoms with van der Waals surface area (Å²) in [7, 11) is 5.43. The molecule has 4 amide bonds. The molecule has 0 saturated heterocycles. The van der Waals surface area contributed by atoms with Crippen LogP contribution in [-0.2, 0) is 27.3 Å². The quantitative estimate of drug-likeness (QED) is 0.493. The fourth-order valence-electron chi connectivity index (χ4n) is 4.69. The molecule has 1 saturated carbocycles. The van der Waals surface area contributed by atoms with Gasteiger partial charge in [-0.05, 0) is 44.9 Å². The van der Waals surface area contributed by atoms with Crippen molar-refractivity contribution < 1.29 is 19.2 Å². The lowest BCUT2D eigenvalue weighted by atomic mass is 9.81. The van der Waals surface area contributed by atoms with Crippen LogP contribution >= 0.6 is 11.3 Å². The molecule has 3 heterocycles.